The number of carbonyl (C=O) groups is 2. The lowest BCUT2D eigenvalue weighted by Crippen LogP contribution is -2.32. The fourth-order valence-electron chi connectivity index (χ4n) is 1.31. The highest BCUT2D eigenvalue weighted by atomic mass is 32.1. The molecule has 1 aromatic heterocycles. The molecule has 102 valence electrons. The predicted octanol–water partition coefficient (Wildman–Crippen LogP) is 1.98. The van der Waals surface area contributed by atoms with Gasteiger partial charge in [0, 0.05) is 4.88 Å². The number of nitrogens with one attached hydrogen (secondary N) is 2. The number of hydrogen-bond donors (Lipinski definition) is 2. The van der Waals surface area contributed by atoms with Crippen molar-refractivity contribution in [2.24, 2.45) is 5.10 Å². The third-order valence-corrected chi connectivity index (χ3v) is 3.04. The van der Waals surface area contributed by atoms with Crippen molar-refractivity contribution in [2.75, 3.05) is 5.32 Å². The summed E-state index contributed by atoms with van der Waals surface area (Å²) in [4.78, 5) is 23.8. The first-order valence-corrected chi connectivity index (χ1v) is 6.47. The molecule has 0 saturated carbocycles. The van der Waals surface area contributed by atoms with Crippen molar-refractivity contribution in [3.05, 3.63) is 52.5 Å². The zero-order valence-corrected chi connectivity index (χ0v) is 11.0. The van der Waals surface area contributed by atoms with Gasteiger partial charge in [0.2, 0.25) is 0 Å². The molecule has 0 radical (unpaired) electrons. The highest BCUT2D eigenvalue weighted by Crippen LogP contribution is 2.11. The zero-order valence-electron chi connectivity index (χ0n) is 10.2. The van der Waals surface area contributed by atoms with E-state index >= 15 is 0 Å². The summed E-state index contributed by atoms with van der Waals surface area (Å²) in [5.74, 6) is -2.57. The summed E-state index contributed by atoms with van der Waals surface area (Å²) in [7, 11) is 0. The first kappa shape index (κ1) is 13.9. The summed E-state index contributed by atoms with van der Waals surface area (Å²) in [6.07, 6.45) is 1.42. The number of thiophene rings is 1. The van der Waals surface area contributed by atoms with Crippen LogP contribution < -0.4 is 10.7 Å². The van der Waals surface area contributed by atoms with E-state index in [-0.39, 0.29) is 5.69 Å². The van der Waals surface area contributed by atoms with Gasteiger partial charge in [-0.3, -0.25) is 9.59 Å². The number of carbonyl (C=O) groups excluding carboxylic acids is 2. The van der Waals surface area contributed by atoms with Crippen LogP contribution in [-0.4, -0.2) is 18.0 Å². The normalized spacial score (nSPS) is 10.4. The van der Waals surface area contributed by atoms with Crippen molar-refractivity contribution in [2.45, 2.75) is 0 Å². The summed E-state index contributed by atoms with van der Waals surface area (Å²) in [5.41, 5.74) is 2.00. The van der Waals surface area contributed by atoms with E-state index in [0.717, 1.165) is 4.88 Å². The zero-order chi connectivity index (χ0) is 14.4. The minimum absolute atomic E-state index is 0.0603. The second-order valence-corrected chi connectivity index (χ2v) is 4.63. The van der Waals surface area contributed by atoms with Gasteiger partial charge in [0.15, 0.2) is 0 Å². The molecule has 0 aliphatic carbocycles. The van der Waals surface area contributed by atoms with Gasteiger partial charge in [-0.05, 0) is 23.6 Å². The molecule has 2 rings (SSSR count). The molecule has 2 N–H and O–H groups in total. The molecule has 0 spiro atoms. The maximum Gasteiger partial charge on any atom is 0.329 e. The second kappa shape index (κ2) is 6.58. The number of halogens is 1. The Kier molecular flexibility index (Phi) is 4.56. The maximum atomic E-state index is 13.3. The van der Waals surface area contributed by atoms with Crippen LogP contribution in [0.25, 0.3) is 0 Å². The average molecular weight is 291 g/mol. The van der Waals surface area contributed by atoms with Crippen molar-refractivity contribution < 1.29 is 14.0 Å². The van der Waals surface area contributed by atoms with Crippen LogP contribution in [0.2, 0.25) is 0 Å². The molecular weight excluding hydrogens is 281 g/mol. The lowest BCUT2D eigenvalue weighted by atomic mass is 10.3. The second-order valence-electron chi connectivity index (χ2n) is 3.65. The van der Waals surface area contributed by atoms with Gasteiger partial charge in [-0.25, -0.2) is 9.82 Å². The third kappa shape index (κ3) is 3.72. The molecule has 0 aliphatic heterocycles. The Hall–Kier alpha value is -2.54. The monoisotopic (exact) mass is 291 g/mol. The minimum atomic E-state index is -0.988. The van der Waals surface area contributed by atoms with E-state index in [9.17, 15) is 14.0 Å². The molecule has 5 nitrogen and oxygen atoms in total. The number of hydrogen-bond acceptors (Lipinski definition) is 4. The average Bonchev–Trinajstić information content (AvgIpc) is 2.94. The fourth-order valence-corrected chi connectivity index (χ4v) is 1.90. The highest BCUT2D eigenvalue weighted by molar-refractivity contribution is 7.11. The van der Waals surface area contributed by atoms with Gasteiger partial charge in [0.05, 0.1) is 11.9 Å². The van der Waals surface area contributed by atoms with Crippen molar-refractivity contribution in [1.82, 2.24) is 5.43 Å². The summed E-state index contributed by atoms with van der Waals surface area (Å²) in [5, 5.41) is 7.64. The molecule has 0 fully saturated rings. The Morgan fingerprint density at radius 3 is 2.65 bits per heavy atom. The molecule has 0 aliphatic rings. The maximum absolute atomic E-state index is 13.3. The number of amides is 2. The topological polar surface area (TPSA) is 70.6 Å². The van der Waals surface area contributed by atoms with Gasteiger partial charge < -0.3 is 5.32 Å². The molecule has 7 heteroatoms. The Labute approximate surface area is 118 Å². The minimum Gasteiger partial charge on any atom is -0.315 e. The van der Waals surface area contributed by atoms with Crippen molar-refractivity contribution in [1.29, 1.82) is 0 Å². The van der Waals surface area contributed by atoms with Gasteiger partial charge in [0.1, 0.15) is 5.82 Å². The number of nitrogens with zero attached hydrogens (tertiary/aromatic N) is 1. The van der Waals surface area contributed by atoms with Crippen LogP contribution in [0.15, 0.2) is 46.9 Å². The Balaban J connectivity index is 1.89. The van der Waals surface area contributed by atoms with Crippen LogP contribution in [0.4, 0.5) is 10.1 Å². The Bertz CT molecular complexity index is 641. The molecular formula is C13H10FN3O2S. The van der Waals surface area contributed by atoms with E-state index < -0.39 is 17.6 Å². The standard InChI is InChI=1S/C13H10FN3O2S/c14-10-5-1-2-6-11(10)16-12(18)13(19)17-15-8-9-4-3-7-20-9/h1-8H,(H,16,18)(H,17,19). The quantitative estimate of drug-likeness (QED) is 0.515. The predicted molar refractivity (Wildman–Crippen MR) is 75.1 cm³/mol. The van der Waals surface area contributed by atoms with Gasteiger partial charge >= 0.3 is 11.8 Å². The lowest BCUT2D eigenvalue weighted by Gasteiger charge is -2.04. The van der Waals surface area contributed by atoms with Gasteiger partial charge in [-0.15, -0.1) is 11.3 Å². The van der Waals surface area contributed by atoms with E-state index in [1.807, 2.05) is 11.4 Å². The molecule has 0 bridgehead atoms. The third-order valence-electron chi connectivity index (χ3n) is 2.23. The van der Waals surface area contributed by atoms with Gasteiger partial charge in [-0.2, -0.15) is 5.10 Å². The van der Waals surface area contributed by atoms with Gasteiger partial charge in [0.25, 0.3) is 0 Å². The Morgan fingerprint density at radius 1 is 1.15 bits per heavy atom. The summed E-state index contributed by atoms with van der Waals surface area (Å²) >= 11 is 1.44. The van der Waals surface area contributed by atoms with Crippen LogP contribution in [0.3, 0.4) is 0 Å². The van der Waals surface area contributed by atoms with E-state index in [2.05, 4.69) is 15.8 Å². The molecule has 2 amide bonds. The summed E-state index contributed by atoms with van der Waals surface area (Å²) in [6, 6.07) is 9.21. The van der Waals surface area contributed by atoms with E-state index in [0.29, 0.717) is 0 Å². The number of para-hydroxylation sites is 1. The first-order valence-electron chi connectivity index (χ1n) is 5.59. The van der Waals surface area contributed by atoms with Crippen molar-refractivity contribution in [3.63, 3.8) is 0 Å². The van der Waals surface area contributed by atoms with Crippen LogP contribution in [-0.2, 0) is 9.59 Å². The van der Waals surface area contributed by atoms with E-state index in [1.54, 1.807) is 12.1 Å². The largest absolute Gasteiger partial charge is 0.329 e. The molecule has 0 unspecified atom stereocenters. The molecule has 0 saturated heterocycles. The molecule has 20 heavy (non-hydrogen) atoms. The molecule has 0 atom stereocenters. The number of benzene rings is 1. The SMILES string of the molecule is O=C(NN=Cc1cccs1)C(=O)Nc1ccccc1F. The van der Waals surface area contributed by atoms with Crippen molar-refractivity contribution >= 4 is 35.1 Å². The molecule has 2 aromatic rings. The number of anilines is 1. The molecule has 1 heterocycles. The lowest BCUT2D eigenvalue weighted by molar-refractivity contribution is -0.136. The summed E-state index contributed by atoms with van der Waals surface area (Å²) < 4.78 is 13.3. The van der Waals surface area contributed by atoms with E-state index in [4.69, 9.17) is 0 Å². The van der Waals surface area contributed by atoms with E-state index in [1.165, 1.54) is 35.8 Å². The summed E-state index contributed by atoms with van der Waals surface area (Å²) in [6.45, 7) is 0. The van der Waals surface area contributed by atoms with Crippen LogP contribution in [0.5, 0.6) is 0 Å². The molecule has 1 aromatic carbocycles. The van der Waals surface area contributed by atoms with Crippen LogP contribution >= 0.6 is 11.3 Å². The van der Waals surface area contributed by atoms with Crippen LogP contribution in [0, 0.1) is 5.82 Å². The highest BCUT2D eigenvalue weighted by Gasteiger charge is 2.14. The number of hydrazone groups is 1. The fraction of sp³-hybridized carbons (Fsp3) is 0. The van der Waals surface area contributed by atoms with Crippen molar-refractivity contribution in [3.8, 4) is 0 Å². The smallest absolute Gasteiger partial charge is 0.315 e. The van der Waals surface area contributed by atoms with Crippen LogP contribution in [0.1, 0.15) is 4.88 Å². The Morgan fingerprint density at radius 2 is 1.95 bits per heavy atom. The number of rotatable bonds is 3. The van der Waals surface area contributed by atoms with Gasteiger partial charge in [-0.1, -0.05) is 18.2 Å². The first-order chi connectivity index (χ1) is 9.66.